The van der Waals surface area contributed by atoms with Crippen LogP contribution < -0.4 is 4.90 Å². The lowest BCUT2D eigenvalue weighted by molar-refractivity contribution is -0.139. The maximum absolute atomic E-state index is 11.3. The highest BCUT2D eigenvalue weighted by molar-refractivity contribution is 5.72. The first-order valence-electron chi connectivity index (χ1n) is 6.52. The molecule has 0 N–H and O–H groups in total. The van der Waals surface area contributed by atoms with Crippen molar-refractivity contribution in [2.75, 3.05) is 32.2 Å². The van der Waals surface area contributed by atoms with E-state index in [9.17, 15) is 4.79 Å². The Morgan fingerprint density at radius 2 is 2.16 bits per heavy atom. The van der Waals surface area contributed by atoms with Crippen LogP contribution in [0.1, 0.15) is 18.4 Å². The van der Waals surface area contributed by atoms with Gasteiger partial charge in [0.25, 0.3) is 0 Å². The van der Waals surface area contributed by atoms with Crippen molar-refractivity contribution in [2.45, 2.75) is 25.4 Å². The summed E-state index contributed by atoms with van der Waals surface area (Å²) in [5, 5.41) is 0. The molecule has 0 aliphatic carbocycles. The van der Waals surface area contributed by atoms with Crippen LogP contribution in [0, 0.1) is 0 Å². The number of carbonyl (C=O) groups is 1. The number of ether oxygens (including phenoxy) is 2. The molecular weight excluding hydrogens is 244 g/mol. The standard InChI is InChI=1S/C14H20N2O3/c1-18-12-4-7-16(8-5-12)13-9-11(3-6-15-13)10-14(17)19-2/h3,6,9,12H,4-5,7-8,10H2,1-2H3. The fourth-order valence-electron chi connectivity index (χ4n) is 2.30. The quantitative estimate of drug-likeness (QED) is 0.770. The first-order chi connectivity index (χ1) is 9.22. The highest BCUT2D eigenvalue weighted by Crippen LogP contribution is 2.20. The number of rotatable bonds is 4. The van der Waals surface area contributed by atoms with E-state index in [0.29, 0.717) is 12.5 Å². The van der Waals surface area contributed by atoms with Crippen molar-refractivity contribution in [3.8, 4) is 0 Å². The summed E-state index contributed by atoms with van der Waals surface area (Å²) in [7, 11) is 3.16. The van der Waals surface area contributed by atoms with E-state index in [1.807, 2.05) is 12.1 Å². The lowest BCUT2D eigenvalue weighted by Crippen LogP contribution is -2.37. The van der Waals surface area contributed by atoms with Crippen LogP contribution in [-0.4, -0.2) is 44.4 Å². The van der Waals surface area contributed by atoms with Gasteiger partial charge in [0.2, 0.25) is 0 Å². The summed E-state index contributed by atoms with van der Waals surface area (Å²) in [6.45, 7) is 1.88. The van der Waals surface area contributed by atoms with Gasteiger partial charge in [-0.1, -0.05) is 0 Å². The van der Waals surface area contributed by atoms with Gasteiger partial charge in [0, 0.05) is 26.4 Å². The van der Waals surface area contributed by atoms with Crippen molar-refractivity contribution in [2.24, 2.45) is 0 Å². The molecule has 5 nitrogen and oxygen atoms in total. The highest BCUT2D eigenvalue weighted by Gasteiger charge is 2.19. The Kier molecular flexibility index (Phi) is 4.74. The van der Waals surface area contributed by atoms with Gasteiger partial charge in [0.15, 0.2) is 0 Å². The van der Waals surface area contributed by atoms with E-state index in [4.69, 9.17) is 4.74 Å². The summed E-state index contributed by atoms with van der Waals surface area (Å²) in [5.74, 6) is 0.700. The molecule has 1 aromatic heterocycles. The minimum Gasteiger partial charge on any atom is -0.469 e. The predicted molar refractivity (Wildman–Crippen MR) is 72.2 cm³/mol. The molecule has 1 aromatic rings. The molecule has 0 bridgehead atoms. The number of piperidine rings is 1. The molecule has 0 unspecified atom stereocenters. The van der Waals surface area contributed by atoms with Crippen LogP contribution in [0.4, 0.5) is 5.82 Å². The summed E-state index contributed by atoms with van der Waals surface area (Å²) in [4.78, 5) is 17.9. The average Bonchev–Trinajstić information content (AvgIpc) is 2.47. The summed E-state index contributed by atoms with van der Waals surface area (Å²) >= 11 is 0. The number of hydrogen-bond acceptors (Lipinski definition) is 5. The Hall–Kier alpha value is -1.62. The normalized spacial score (nSPS) is 16.4. The Bertz CT molecular complexity index is 428. The molecule has 1 fully saturated rings. The van der Waals surface area contributed by atoms with Crippen LogP contribution in [0.25, 0.3) is 0 Å². The highest BCUT2D eigenvalue weighted by atomic mass is 16.5. The number of aromatic nitrogens is 1. The Balaban J connectivity index is 2.01. The largest absolute Gasteiger partial charge is 0.469 e. The predicted octanol–water partition coefficient (Wildman–Crippen LogP) is 1.41. The SMILES string of the molecule is COC(=O)Cc1ccnc(N2CCC(OC)CC2)c1. The monoisotopic (exact) mass is 264 g/mol. The zero-order valence-corrected chi connectivity index (χ0v) is 11.5. The van der Waals surface area contributed by atoms with E-state index in [2.05, 4.69) is 14.6 Å². The summed E-state index contributed by atoms with van der Waals surface area (Å²) < 4.78 is 10.0. The Morgan fingerprint density at radius 1 is 1.42 bits per heavy atom. The zero-order chi connectivity index (χ0) is 13.7. The molecule has 1 aliphatic heterocycles. The van der Waals surface area contributed by atoms with Gasteiger partial charge >= 0.3 is 5.97 Å². The lowest BCUT2D eigenvalue weighted by Gasteiger charge is -2.32. The number of carbonyl (C=O) groups excluding carboxylic acids is 1. The van der Waals surface area contributed by atoms with Gasteiger partial charge in [-0.2, -0.15) is 0 Å². The maximum atomic E-state index is 11.3. The van der Waals surface area contributed by atoms with Crippen LogP contribution in [0.5, 0.6) is 0 Å². The Labute approximate surface area is 113 Å². The summed E-state index contributed by atoms with van der Waals surface area (Å²) in [6.07, 6.45) is 4.42. The maximum Gasteiger partial charge on any atom is 0.309 e. The number of pyridine rings is 1. The smallest absolute Gasteiger partial charge is 0.309 e. The van der Waals surface area contributed by atoms with Crippen molar-refractivity contribution in [1.82, 2.24) is 4.98 Å². The van der Waals surface area contributed by atoms with Gasteiger partial charge in [0.05, 0.1) is 19.6 Å². The number of nitrogens with zero attached hydrogens (tertiary/aromatic N) is 2. The minimum atomic E-state index is -0.227. The third kappa shape index (κ3) is 3.67. The average molecular weight is 264 g/mol. The van der Waals surface area contributed by atoms with Crippen LogP contribution in [0.3, 0.4) is 0 Å². The van der Waals surface area contributed by atoms with Gasteiger partial charge < -0.3 is 14.4 Å². The second-order valence-corrected chi connectivity index (χ2v) is 4.70. The number of hydrogen-bond donors (Lipinski definition) is 0. The van der Waals surface area contributed by atoms with E-state index < -0.39 is 0 Å². The fourth-order valence-corrected chi connectivity index (χ4v) is 2.30. The fraction of sp³-hybridized carbons (Fsp3) is 0.571. The van der Waals surface area contributed by atoms with Gasteiger partial charge in [-0.15, -0.1) is 0 Å². The molecule has 0 saturated carbocycles. The molecule has 104 valence electrons. The second kappa shape index (κ2) is 6.52. The number of methoxy groups -OCH3 is 2. The van der Waals surface area contributed by atoms with E-state index in [0.717, 1.165) is 37.3 Å². The van der Waals surface area contributed by atoms with Crippen molar-refractivity contribution >= 4 is 11.8 Å². The Morgan fingerprint density at radius 3 is 2.79 bits per heavy atom. The lowest BCUT2D eigenvalue weighted by atomic mass is 10.1. The van der Waals surface area contributed by atoms with Crippen LogP contribution in [-0.2, 0) is 20.7 Å². The third-order valence-electron chi connectivity index (χ3n) is 3.49. The van der Waals surface area contributed by atoms with Gasteiger partial charge in [-0.3, -0.25) is 4.79 Å². The van der Waals surface area contributed by atoms with E-state index in [-0.39, 0.29) is 5.97 Å². The zero-order valence-electron chi connectivity index (χ0n) is 11.5. The molecule has 0 atom stereocenters. The number of anilines is 1. The molecule has 2 rings (SSSR count). The van der Waals surface area contributed by atoms with E-state index in [1.54, 1.807) is 13.3 Å². The van der Waals surface area contributed by atoms with Crippen molar-refractivity contribution < 1.29 is 14.3 Å². The van der Waals surface area contributed by atoms with Crippen LogP contribution in [0.15, 0.2) is 18.3 Å². The molecule has 19 heavy (non-hydrogen) atoms. The van der Waals surface area contributed by atoms with E-state index >= 15 is 0 Å². The molecule has 0 spiro atoms. The molecule has 2 heterocycles. The van der Waals surface area contributed by atoms with Gasteiger partial charge in [0.1, 0.15) is 5.82 Å². The first kappa shape index (κ1) is 13.8. The van der Waals surface area contributed by atoms with Crippen LogP contribution in [0.2, 0.25) is 0 Å². The van der Waals surface area contributed by atoms with E-state index in [1.165, 1.54) is 7.11 Å². The van der Waals surface area contributed by atoms with Gasteiger partial charge in [-0.25, -0.2) is 4.98 Å². The topological polar surface area (TPSA) is 51.7 Å². The molecule has 0 aromatic carbocycles. The molecule has 1 aliphatic rings. The molecular formula is C14H20N2O3. The minimum absolute atomic E-state index is 0.227. The summed E-state index contributed by atoms with van der Waals surface area (Å²) in [6, 6.07) is 3.81. The van der Waals surface area contributed by atoms with Crippen LogP contribution >= 0.6 is 0 Å². The summed E-state index contributed by atoms with van der Waals surface area (Å²) in [5.41, 5.74) is 0.936. The molecule has 1 saturated heterocycles. The first-order valence-corrected chi connectivity index (χ1v) is 6.52. The number of esters is 1. The van der Waals surface area contributed by atoms with Crippen molar-refractivity contribution in [1.29, 1.82) is 0 Å². The molecule has 0 amide bonds. The molecule has 5 heteroatoms. The third-order valence-corrected chi connectivity index (χ3v) is 3.49. The second-order valence-electron chi connectivity index (χ2n) is 4.70. The van der Waals surface area contributed by atoms with Crippen molar-refractivity contribution in [3.05, 3.63) is 23.9 Å². The van der Waals surface area contributed by atoms with Gasteiger partial charge in [-0.05, 0) is 30.5 Å². The van der Waals surface area contributed by atoms with Crippen molar-refractivity contribution in [3.63, 3.8) is 0 Å². The molecule has 0 radical (unpaired) electrons.